The minimum absolute atomic E-state index is 0.216. The van der Waals surface area contributed by atoms with Gasteiger partial charge >= 0.3 is 6.09 Å². The first kappa shape index (κ1) is 22.8. The van der Waals surface area contributed by atoms with Crippen LogP contribution in [0.25, 0.3) is 0 Å². The fourth-order valence-corrected chi connectivity index (χ4v) is 4.45. The third-order valence-electron chi connectivity index (χ3n) is 6.33. The van der Waals surface area contributed by atoms with Gasteiger partial charge in [-0.3, -0.25) is 0 Å². The van der Waals surface area contributed by atoms with Crippen LogP contribution in [-0.2, 0) is 4.74 Å². The lowest BCUT2D eigenvalue weighted by Gasteiger charge is -2.37. The molecule has 1 saturated heterocycles. The molecule has 5 heteroatoms. The maximum atomic E-state index is 12.2. The van der Waals surface area contributed by atoms with Gasteiger partial charge in [-0.1, -0.05) is 20.8 Å². The number of carbonyl (C=O) groups excluding carboxylic acids is 1. The summed E-state index contributed by atoms with van der Waals surface area (Å²) in [4.78, 5) is 16.4. The van der Waals surface area contributed by atoms with Gasteiger partial charge in [-0.05, 0) is 82.1 Å². The molecule has 2 fully saturated rings. The number of piperazine rings is 1. The van der Waals surface area contributed by atoms with Gasteiger partial charge in [0.1, 0.15) is 11.4 Å². The molecule has 0 spiro atoms. The molecule has 168 valence electrons. The molecule has 3 rings (SSSR count). The lowest BCUT2D eigenvalue weighted by Crippen LogP contribution is -2.50. The van der Waals surface area contributed by atoms with Crippen LogP contribution in [-0.4, -0.2) is 48.9 Å². The molecule has 1 aromatic rings. The summed E-state index contributed by atoms with van der Waals surface area (Å²) in [5.74, 6) is 1.77. The van der Waals surface area contributed by atoms with Crippen molar-refractivity contribution >= 4 is 11.8 Å². The molecule has 0 aromatic heterocycles. The predicted octanol–water partition coefficient (Wildman–Crippen LogP) is 5.73. The average Bonchev–Trinajstić information content (AvgIpc) is 2.67. The highest BCUT2D eigenvalue weighted by Crippen LogP contribution is 2.38. The van der Waals surface area contributed by atoms with Gasteiger partial charge in [0, 0.05) is 31.9 Å². The minimum atomic E-state index is -0.448. The molecule has 30 heavy (non-hydrogen) atoms. The van der Waals surface area contributed by atoms with Gasteiger partial charge in [0.15, 0.2) is 0 Å². The van der Waals surface area contributed by atoms with Gasteiger partial charge in [-0.2, -0.15) is 0 Å². The van der Waals surface area contributed by atoms with E-state index in [9.17, 15) is 4.79 Å². The first-order chi connectivity index (χ1) is 14.0. The van der Waals surface area contributed by atoms with Crippen LogP contribution in [0.15, 0.2) is 24.3 Å². The van der Waals surface area contributed by atoms with Crippen molar-refractivity contribution in [3.05, 3.63) is 24.3 Å². The second-order valence-corrected chi connectivity index (χ2v) is 10.9. The third kappa shape index (κ3) is 6.29. The highest BCUT2D eigenvalue weighted by atomic mass is 16.6. The summed E-state index contributed by atoms with van der Waals surface area (Å²) in [5, 5.41) is 0. The standard InChI is InChI=1S/C25H40N2O3/c1-24(2,3)19-7-11-21(12-8-19)29-22-13-9-20(10-14-22)26-15-17-27(18-16-26)23(28)30-25(4,5)6/h9-10,13-14,19,21H,7-8,11-12,15-18H2,1-6H3/t19-,21-. The summed E-state index contributed by atoms with van der Waals surface area (Å²) < 4.78 is 11.7. The molecule has 1 amide bonds. The number of amides is 1. The molecule has 0 atom stereocenters. The van der Waals surface area contributed by atoms with E-state index in [2.05, 4.69) is 49.9 Å². The summed E-state index contributed by atoms with van der Waals surface area (Å²) in [6, 6.07) is 8.45. The number of rotatable bonds is 3. The van der Waals surface area contributed by atoms with Crippen molar-refractivity contribution < 1.29 is 14.3 Å². The van der Waals surface area contributed by atoms with E-state index < -0.39 is 5.60 Å². The molecule has 0 radical (unpaired) electrons. The SMILES string of the molecule is CC(C)(C)OC(=O)N1CCN(c2ccc(O[C@H]3CC[C@H](C(C)(C)C)CC3)cc2)CC1. The molecule has 0 unspecified atom stereocenters. The highest BCUT2D eigenvalue weighted by Gasteiger charge is 2.30. The Bertz CT molecular complexity index is 687. The quantitative estimate of drug-likeness (QED) is 0.631. The molecule has 1 saturated carbocycles. The van der Waals surface area contributed by atoms with Crippen LogP contribution < -0.4 is 9.64 Å². The van der Waals surface area contributed by atoms with E-state index in [1.165, 1.54) is 18.5 Å². The fourth-order valence-electron chi connectivity index (χ4n) is 4.45. The largest absolute Gasteiger partial charge is 0.490 e. The Labute approximate surface area is 182 Å². The second-order valence-electron chi connectivity index (χ2n) is 10.9. The van der Waals surface area contributed by atoms with E-state index in [0.717, 1.165) is 37.6 Å². The number of hydrogen-bond donors (Lipinski definition) is 0. The highest BCUT2D eigenvalue weighted by molar-refractivity contribution is 5.68. The van der Waals surface area contributed by atoms with Crippen LogP contribution in [0.5, 0.6) is 5.75 Å². The molecule has 1 heterocycles. The van der Waals surface area contributed by atoms with Crippen LogP contribution in [0.4, 0.5) is 10.5 Å². The van der Waals surface area contributed by atoms with Crippen LogP contribution in [0.1, 0.15) is 67.2 Å². The van der Waals surface area contributed by atoms with Crippen molar-refractivity contribution in [1.82, 2.24) is 4.90 Å². The van der Waals surface area contributed by atoms with E-state index in [0.29, 0.717) is 24.6 Å². The summed E-state index contributed by atoms with van der Waals surface area (Å²) >= 11 is 0. The molecule has 5 nitrogen and oxygen atoms in total. The van der Waals surface area contributed by atoms with Gasteiger partial charge in [-0.15, -0.1) is 0 Å². The Balaban J connectivity index is 1.46. The number of ether oxygens (including phenoxy) is 2. The zero-order valence-electron chi connectivity index (χ0n) is 19.7. The zero-order chi connectivity index (χ0) is 21.9. The van der Waals surface area contributed by atoms with E-state index in [4.69, 9.17) is 9.47 Å². The lowest BCUT2D eigenvalue weighted by atomic mass is 9.72. The minimum Gasteiger partial charge on any atom is -0.490 e. The summed E-state index contributed by atoms with van der Waals surface area (Å²) in [7, 11) is 0. The Hall–Kier alpha value is -1.91. The molecular formula is C25H40N2O3. The molecule has 2 aliphatic rings. The van der Waals surface area contributed by atoms with Crippen LogP contribution >= 0.6 is 0 Å². The van der Waals surface area contributed by atoms with Gasteiger partial charge in [0.05, 0.1) is 6.10 Å². The summed E-state index contributed by atoms with van der Waals surface area (Å²) in [5.41, 5.74) is 1.14. The van der Waals surface area contributed by atoms with Gasteiger partial charge < -0.3 is 19.3 Å². The number of nitrogens with zero attached hydrogens (tertiary/aromatic N) is 2. The van der Waals surface area contributed by atoms with E-state index in [1.807, 2.05) is 20.8 Å². The number of hydrogen-bond acceptors (Lipinski definition) is 4. The first-order valence-corrected chi connectivity index (χ1v) is 11.5. The Morgan fingerprint density at radius 2 is 1.43 bits per heavy atom. The maximum Gasteiger partial charge on any atom is 0.410 e. The van der Waals surface area contributed by atoms with E-state index >= 15 is 0 Å². The molecule has 0 bridgehead atoms. The predicted molar refractivity (Wildman–Crippen MR) is 122 cm³/mol. The first-order valence-electron chi connectivity index (χ1n) is 11.5. The van der Waals surface area contributed by atoms with Gasteiger partial charge in [0.25, 0.3) is 0 Å². The van der Waals surface area contributed by atoms with Crippen molar-refractivity contribution in [1.29, 1.82) is 0 Å². The molecule has 1 aliphatic heterocycles. The zero-order valence-corrected chi connectivity index (χ0v) is 19.7. The lowest BCUT2D eigenvalue weighted by molar-refractivity contribution is 0.0240. The molecule has 1 aromatic carbocycles. The van der Waals surface area contributed by atoms with Crippen molar-refractivity contribution in [3.8, 4) is 5.75 Å². The van der Waals surface area contributed by atoms with Crippen LogP contribution in [0, 0.1) is 11.3 Å². The number of benzene rings is 1. The van der Waals surface area contributed by atoms with Crippen molar-refractivity contribution in [3.63, 3.8) is 0 Å². The Morgan fingerprint density at radius 1 is 0.867 bits per heavy atom. The van der Waals surface area contributed by atoms with E-state index in [1.54, 1.807) is 4.90 Å². The normalized spacial score (nSPS) is 23.3. The topological polar surface area (TPSA) is 42.0 Å². The van der Waals surface area contributed by atoms with Crippen molar-refractivity contribution in [2.24, 2.45) is 11.3 Å². The number of carbonyl (C=O) groups is 1. The van der Waals surface area contributed by atoms with Gasteiger partial charge in [-0.25, -0.2) is 4.79 Å². The van der Waals surface area contributed by atoms with E-state index in [-0.39, 0.29) is 6.09 Å². The van der Waals surface area contributed by atoms with Crippen LogP contribution in [0.3, 0.4) is 0 Å². The third-order valence-corrected chi connectivity index (χ3v) is 6.33. The average molecular weight is 417 g/mol. The van der Waals surface area contributed by atoms with Crippen molar-refractivity contribution in [2.45, 2.75) is 78.9 Å². The monoisotopic (exact) mass is 416 g/mol. The summed E-state index contributed by atoms with van der Waals surface area (Å²) in [6.07, 6.45) is 4.94. The molecular weight excluding hydrogens is 376 g/mol. The summed E-state index contributed by atoms with van der Waals surface area (Å²) in [6.45, 7) is 15.8. The van der Waals surface area contributed by atoms with Crippen molar-refractivity contribution in [2.75, 3.05) is 31.1 Å². The molecule has 0 N–H and O–H groups in total. The molecule has 1 aliphatic carbocycles. The fraction of sp³-hybridized carbons (Fsp3) is 0.720. The smallest absolute Gasteiger partial charge is 0.410 e. The maximum absolute atomic E-state index is 12.2. The second kappa shape index (κ2) is 9.07. The van der Waals surface area contributed by atoms with Gasteiger partial charge in [0.2, 0.25) is 0 Å². The Morgan fingerprint density at radius 3 is 1.93 bits per heavy atom. The van der Waals surface area contributed by atoms with Crippen LogP contribution in [0.2, 0.25) is 0 Å². The Kier molecular flexibility index (Phi) is 6.88. The number of anilines is 1.